The Kier molecular flexibility index (Phi) is 10.7. The first-order chi connectivity index (χ1) is 20.7. The highest BCUT2D eigenvalue weighted by Gasteiger charge is 2.29. The van der Waals surface area contributed by atoms with Crippen molar-refractivity contribution in [2.75, 3.05) is 20.2 Å². The van der Waals surface area contributed by atoms with E-state index in [1.807, 2.05) is 53.8 Å². The number of alkyl carbamates (subject to hydrolysis) is 1. The van der Waals surface area contributed by atoms with Crippen LogP contribution in [0, 0.1) is 11.8 Å². The fraction of sp³-hybridized carbons (Fsp3) is 0.400. The molecule has 2 aromatic carbocycles. The lowest BCUT2D eigenvalue weighted by molar-refractivity contribution is -0.305. The number of hydrogen-bond acceptors (Lipinski definition) is 8. The summed E-state index contributed by atoms with van der Waals surface area (Å²) in [7, 11) is 1.62. The molecule has 2 aliphatic rings. The van der Waals surface area contributed by atoms with Gasteiger partial charge in [0.2, 0.25) is 5.91 Å². The molecule has 2 aliphatic carbocycles. The maximum atomic E-state index is 12.4. The van der Waals surface area contributed by atoms with Crippen molar-refractivity contribution in [3.05, 3.63) is 59.7 Å². The van der Waals surface area contributed by atoms with Crippen LogP contribution in [0.25, 0.3) is 11.1 Å². The molecule has 13 heteroatoms. The number of nitrogens with one attached hydrogen (secondary N) is 5. The number of imide groups is 1. The van der Waals surface area contributed by atoms with Crippen LogP contribution in [0.1, 0.15) is 49.1 Å². The van der Waals surface area contributed by atoms with Crippen molar-refractivity contribution in [1.29, 1.82) is 0 Å². The van der Waals surface area contributed by atoms with Gasteiger partial charge in [0.15, 0.2) is 0 Å². The Morgan fingerprint density at radius 1 is 0.953 bits per heavy atom. The lowest BCUT2D eigenvalue weighted by atomic mass is 9.81. The van der Waals surface area contributed by atoms with E-state index in [-0.39, 0.29) is 30.3 Å². The summed E-state index contributed by atoms with van der Waals surface area (Å²) in [6.45, 7) is 0.386. The average Bonchev–Trinajstić information content (AvgIpc) is 3.32. The second-order valence-electron chi connectivity index (χ2n) is 10.5. The van der Waals surface area contributed by atoms with Gasteiger partial charge in [0, 0.05) is 44.0 Å². The Bertz CT molecular complexity index is 1330. The molecule has 1 fully saturated rings. The molecule has 0 saturated heterocycles. The minimum Gasteiger partial charge on any atom is -0.550 e. The van der Waals surface area contributed by atoms with Gasteiger partial charge in [-0.05, 0) is 53.9 Å². The van der Waals surface area contributed by atoms with Gasteiger partial charge < -0.3 is 30.6 Å². The summed E-state index contributed by atoms with van der Waals surface area (Å²) in [6.07, 6.45) is 2.46. The molecule has 0 aromatic heterocycles. The summed E-state index contributed by atoms with van der Waals surface area (Å²) in [6, 6.07) is 12.8. The van der Waals surface area contributed by atoms with Crippen LogP contribution in [0.5, 0.6) is 0 Å². The summed E-state index contributed by atoms with van der Waals surface area (Å²) in [5.74, 6) is -1.42. The van der Waals surface area contributed by atoms with Gasteiger partial charge in [-0.15, -0.1) is 0 Å². The van der Waals surface area contributed by atoms with Crippen molar-refractivity contribution in [3.63, 3.8) is 0 Å². The summed E-state index contributed by atoms with van der Waals surface area (Å²) < 4.78 is 5.33. The van der Waals surface area contributed by atoms with Crippen LogP contribution in [0.4, 0.5) is 14.4 Å². The third kappa shape index (κ3) is 8.53. The molecule has 4 rings (SSSR count). The first-order valence-electron chi connectivity index (χ1n) is 14.2. The van der Waals surface area contributed by atoms with E-state index in [1.54, 1.807) is 7.05 Å². The van der Waals surface area contributed by atoms with Crippen molar-refractivity contribution in [1.82, 2.24) is 26.7 Å². The Labute approximate surface area is 248 Å². The van der Waals surface area contributed by atoms with Crippen molar-refractivity contribution in [2.45, 2.75) is 44.1 Å². The normalized spacial score (nSPS) is 18.1. The number of carbonyl (C=O) groups excluding carboxylic acids is 5. The molecule has 0 bridgehead atoms. The Hall–Kier alpha value is -4.94. The highest BCUT2D eigenvalue weighted by Crippen LogP contribution is 2.44. The molecule has 2 aromatic rings. The zero-order chi connectivity index (χ0) is 30.8. The minimum atomic E-state index is -1.48. The lowest BCUT2D eigenvalue weighted by Gasteiger charge is -2.27. The topological polar surface area (TPSA) is 190 Å². The van der Waals surface area contributed by atoms with Crippen LogP contribution in [-0.4, -0.2) is 62.5 Å². The van der Waals surface area contributed by atoms with Gasteiger partial charge in [-0.25, -0.2) is 25.1 Å². The predicted molar refractivity (Wildman–Crippen MR) is 155 cm³/mol. The SMILES string of the molecule is CNC(=O)C1CCC(CNC(=O)N/N=C/[C@H](CC(=O)[O-])NC(=O)NC(=O)OCC2c3ccccc3-c3ccccc32)CC1. The predicted octanol–water partition coefficient (Wildman–Crippen LogP) is 1.58. The molecule has 6 amide bonds. The summed E-state index contributed by atoms with van der Waals surface area (Å²) in [5, 5.41) is 24.5. The van der Waals surface area contributed by atoms with Crippen LogP contribution in [0.3, 0.4) is 0 Å². The third-order valence-corrected chi connectivity index (χ3v) is 7.70. The molecule has 5 N–H and O–H groups in total. The zero-order valence-corrected chi connectivity index (χ0v) is 23.8. The fourth-order valence-corrected chi connectivity index (χ4v) is 5.55. The van der Waals surface area contributed by atoms with Crippen LogP contribution in [-0.2, 0) is 14.3 Å². The van der Waals surface area contributed by atoms with E-state index >= 15 is 0 Å². The van der Waals surface area contributed by atoms with Gasteiger partial charge in [-0.2, -0.15) is 5.10 Å². The smallest absolute Gasteiger partial charge is 0.415 e. The van der Waals surface area contributed by atoms with E-state index in [0.717, 1.165) is 54.2 Å². The van der Waals surface area contributed by atoms with E-state index in [2.05, 4.69) is 26.5 Å². The monoisotopic (exact) mass is 591 g/mol. The van der Waals surface area contributed by atoms with Gasteiger partial charge in [0.05, 0.1) is 6.04 Å². The molecule has 43 heavy (non-hydrogen) atoms. The second kappa shape index (κ2) is 14.8. The first-order valence-corrected chi connectivity index (χ1v) is 14.2. The number of amides is 6. The van der Waals surface area contributed by atoms with Crippen molar-refractivity contribution in [3.8, 4) is 11.1 Å². The van der Waals surface area contributed by atoms with E-state index in [9.17, 15) is 29.1 Å². The summed E-state index contributed by atoms with van der Waals surface area (Å²) in [4.78, 5) is 59.8. The number of hydrazone groups is 1. The van der Waals surface area contributed by atoms with Gasteiger partial charge >= 0.3 is 18.2 Å². The lowest BCUT2D eigenvalue weighted by Crippen LogP contribution is -2.47. The van der Waals surface area contributed by atoms with Crippen LogP contribution >= 0.6 is 0 Å². The van der Waals surface area contributed by atoms with E-state index in [1.165, 1.54) is 0 Å². The van der Waals surface area contributed by atoms with Gasteiger partial charge in [0.1, 0.15) is 6.61 Å². The number of hydrogen-bond donors (Lipinski definition) is 5. The average molecular weight is 592 g/mol. The number of fused-ring (bicyclic) bond motifs is 3. The number of urea groups is 2. The highest BCUT2D eigenvalue weighted by atomic mass is 16.5. The van der Waals surface area contributed by atoms with Crippen molar-refractivity contribution >= 4 is 36.2 Å². The maximum absolute atomic E-state index is 12.4. The zero-order valence-electron chi connectivity index (χ0n) is 23.8. The molecule has 0 radical (unpaired) electrons. The Morgan fingerprint density at radius 2 is 1.58 bits per heavy atom. The largest absolute Gasteiger partial charge is 0.550 e. The van der Waals surface area contributed by atoms with Gasteiger partial charge in [0.25, 0.3) is 0 Å². The first kappa shape index (κ1) is 31.0. The molecule has 0 heterocycles. The van der Waals surface area contributed by atoms with Crippen LogP contribution in [0.2, 0.25) is 0 Å². The number of ether oxygens (including phenoxy) is 1. The molecule has 13 nitrogen and oxygen atoms in total. The summed E-state index contributed by atoms with van der Waals surface area (Å²) >= 11 is 0. The van der Waals surface area contributed by atoms with Crippen LogP contribution < -0.4 is 31.8 Å². The van der Waals surface area contributed by atoms with Crippen molar-refractivity contribution < 1.29 is 33.8 Å². The van der Waals surface area contributed by atoms with E-state index in [0.29, 0.717) is 6.54 Å². The quantitative estimate of drug-likeness (QED) is 0.205. The molecule has 228 valence electrons. The molecule has 1 saturated carbocycles. The molecule has 0 unspecified atom stereocenters. The number of carbonyl (C=O) groups is 5. The molecular weight excluding hydrogens is 556 g/mol. The number of carboxylic acid groups (broad SMARTS) is 1. The molecule has 1 atom stereocenters. The number of aliphatic carboxylic acids is 1. The fourth-order valence-electron chi connectivity index (χ4n) is 5.55. The minimum absolute atomic E-state index is 0.00538. The van der Waals surface area contributed by atoms with E-state index in [4.69, 9.17) is 4.74 Å². The number of carboxylic acids is 1. The number of benzene rings is 2. The van der Waals surface area contributed by atoms with E-state index < -0.39 is 36.6 Å². The van der Waals surface area contributed by atoms with Gasteiger partial charge in [-0.3, -0.25) is 4.79 Å². The Balaban J connectivity index is 1.20. The summed E-state index contributed by atoms with van der Waals surface area (Å²) in [5.41, 5.74) is 6.36. The molecule has 0 aliphatic heterocycles. The van der Waals surface area contributed by atoms with Gasteiger partial charge in [-0.1, -0.05) is 48.5 Å². The molecular formula is C30H35N6O7-. The Morgan fingerprint density at radius 3 is 2.19 bits per heavy atom. The van der Waals surface area contributed by atoms with Crippen LogP contribution in [0.15, 0.2) is 53.6 Å². The second-order valence-corrected chi connectivity index (χ2v) is 10.5. The maximum Gasteiger partial charge on any atom is 0.415 e. The third-order valence-electron chi connectivity index (χ3n) is 7.70. The number of nitrogens with zero attached hydrogens (tertiary/aromatic N) is 1. The van der Waals surface area contributed by atoms with Crippen molar-refractivity contribution in [2.24, 2.45) is 16.9 Å². The molecule has 0 spiro atoms. The standard InChI is InChI=1S/C30H36N6O7/c1-31-27(39)19-12-10-18(11-13-19)15-32-28(40)36-33-16-20(14-26(37)38)34-29(41)35-30(42)43-17-25-23-8-4-2-6-21(23)22-7-3-5-9-24(22)25/h2-9,16,18-20,25H,10-15,17H2,1H3,(H,31,39)(H,37,38)(H2,32,36,40)(H2,34,35,41,42)/p-1/b33-16+/t18?,19?,20-/m0/s1. The number of rotatable bonds is 10. The highest BCUT2D eigenvalue weighted by molar-refractivity contribution is 5.93.